The summed E-state index contributed by atoms with van der Waals surface area (Å²) >= 11 is 0. The molecule has 1 aliphatic heterocycles. The van der Waals surface area contributed by atoms with Crippen LogP contribution in [0.2, 0.25) is 0 Å². The Hall–Kier alpha value is -3.97. The molecule has 4 aromatic rings. The van der Waals surface area contributed by atoms with Crippen LogP contribution in [0, 0.1) is 0 Å². The topological polar surface area (TPSA) is 91.0 Å². The molecule has 0 amide bonds. The van der Waals surface area contributed by atoms with Crippen molar-refractivity contribution >= 4 is 28.3 Å². The third kappa shape index (κ3) is 4.68. The Morgan fingerprint density at radius 2 is 1.80 bits per heavy atom. The van der Waals surface area contributed by atoms with Crippen LogP contribution in [0.1, 0.15) is 46.3 Å². The van der Waals surface area contributed by atoms with Crippen LogP contribution in [0.4, 0.5) is 5.69 Å². The van der Waals surface area contributed by atoms with Crippen molar-refractivity contribution in [2.45, 2.75) is 25.8 Å². The summed E-state index contributed by atoms with van der Waals surface area (Å²) in [5.41, 5.74) is 4.61. The number of carboxylic acid groups (broad SMARTS) is 1. The number of carbonyl (C=O) groups is 1. The number of fused-ring (bicyclic) bond motifs is 1. The first kappa shape index (κ1) is 22.8. The molecule has 1 aliphatic rings. The third-order valence-corrected chi connectivity index (χ3v) is 6.62. The summed E-state index contributed by atoms with van der Waals surface area (Å²) in [4.78, 5) is 23.3. The fraction of sp³-hybridized carbons (Fsp3) is 0.250. The molecule has 5 rings (SSSR count). The lowest BCUT2D eigenvalue weighted by molar-refractivity contribution is 0.0697. The molecule has 2 aromatic heterocycles. The average molecular weight is 469 g/mol. The van der Waals surface area contributed by atoms with E-state index in [-0.39, 0.29) is 11.4 Å². The SMILES string of the molecule is Cn1c(O)c(C(=Nc2ccc(CN3CCCCC3)cc2)c2cccnc2)c2cc(C(=O)O)ccc21. The Bertz CT molecular complexity index is 1390. The maximum Gasteiger partial charge on any atom is 0.335 e. The van der Waals surface area contributed by atoms with Crippen molar-refractivity contribution in [1.82, 2.24) is 14.5 Å². The van der Waals surface area contributed by atoms with E-state index >= 15 is 0 Å². The quantitative estimate of drug-likeness (QED) is 0.383. The number of pyridine rings is 1. The number of aromatic carboxylic acids is 1. The van der Waals surface area contributed by atoms with Gasteiger partial charge in [-0.25, -0.2) is 9.79 Å². The van der Waals surface area contributed by atoms with E-state index in [1.165, 1.54) is 30.9 Å². The first-order valence-electron chi connectivity index (χ1n) is 11.9. The molecule has 2 N–H and O–H groups in total. The molecule has 7 nitrogen and oxygen atoms in total. The number of piperidine rings is 1. The first-order chi connectivity index (χ1) is 17.0. The van der Waals surface area contributed by atoms with Gasteiger partial charge in [0.2, 0.25) is 5.88 Å². The predicted molar refractivity (Wildman–Crippen MR) is 137 cm³/mol. The second kappa shape index (κ2) is 9.72. The molecule has 3 heterocycles. The van der Waals surface area contributed by atoms with E-state index in [9.17, 15) is 15.0 Å². The van der Waals surface area contributed by atoms with Crippen LogP contribution in [-0.2, 0) is 13.6 Å². The van der Waals surface area contributed by atoms with Crippen molar-refractivity contribution in [1.29, 1.82) is 0 Å². The minimum atomic E-state index is -1.02. The molecule has 35 heavy (non-hydrogen) atoms. The van der Waals surface area contributed by atoms with Crippen molar-refractivity contribution in [3.8, 4) is 5.88 Å². The lowest BCUT2D eigenvalue weighted by atomic mass is 10.0. The van der Waals surface area contributed by atoms with Gasteiger partial charge in [-0.05, 0) is 74.0 Å². The first-order valence-corrected chi connectivity index (χ1v) is 11.9. The van der Waals surface area contributed by atoms with E-state index in [1.807, 2.05) is 24.3 Å². The Morgan fingerprint density at radius 1 is 1.03 bits per heavy atom. The van der Waals surface area contributed by atoms with Gasteiger partial charge in [0.1, 0.15) is 0 Å². The molecule has 0 spiro atoms. The minimum absolute atomic E-state index is 0.0202. The molecule has 0 radical (unpaired) electrons. The molecule has 0 saturated carbocycles. The highest BCUT2D eigenvalue weighted by Crippen LogP contribution is 2.34. The van der Waals surface area contributed by atoms with Gasteiger partial charge in [0.15, 0.2) is 0 Å². The van der Waals surface area contributed by atoms with Crippen LogP contribution in [-0.4, -0.2) is 49.4 Å². The molecule has 1 saturated heterocycles. The lowest BCUT2D eigenvalue weighted by Gasteiger charge is -2.26. The number of hydrogen-bond donors (Lipinski definition) is 2. The number of hydrogen-bond acceptors (Lipinski definition) is 5. The summed E-state index contributed by atoms with van der Waals surface area (Å²) < 4.78 is 1.64. The maximum atomic E-state index is 11.6. The number of aliphatic imine (C=N–C) groups is 1. The van der Waals surface area contributed by atoms with E-state index < -0.39 is 5.97 Å². The highest BCUT2D eigenvalue weighted by atomic mass is 16.4. The Morgan fingerprint density at radius 3 is 2.49 bits per heavy atom. The standard InChI is InChI=1S/C28H28N4O3/c1-31-24-12-9-20(28(34)35)16-23(24)25(27(31)33)26(21-6-5-13-29-17-21)30-22-10-7-19(8-11-22)18-32-14-3-2-4-15-32/h5-13,16-17,33H,2-4,14-15,18H2,1H3,(H,34,35). The zero-order valence-electron chi connectivity index (χ0n) is 19.7. The van der Waals surface area contributed by atoms with Gasteiger partial charge < -0.3 is 14.8 Å². The smallest absolute Gasteiger partial charge is 0.335 e. The van der Waals surface area contributed by atoms with E-state index in [1.54, 1.807) is 36.1 Å². The Kier molecular flexibility index (Phi) is 6.33. The molecule has 2 aromatic carbocycles. The molecule has 1 fully saturated rings. The normalized spacial score (nSPS) is 14.9. The van der Waals surface area contributed by atoms with Gasteiger partial charge >= 0.3 is 5.97 Å². The summed E-state index contributed by atoms with van der Waals surface area (Å²) in [7, 11) is 1.75. The number of carboxylic acids is 1. The fourth-order valence-electron chi connectivity index (χ4n) is 4.75. The van der Waals surface area contributed by atoms with Crippen LogP contribution in [0.5, 0.6) is 5.88 Å². The van der Waals surface area contributed by atoms with Crippen LogP contribution in [0.25, 0.3) is 10.9 Å². The summed E-state index contributed by atoms with van der Waals surface area (Å²) in [6.07, 6.45) is 7.21. The molecular formula is C28H28N4O3. The van der Waals surface area contributed by atoms with Gasteiger partial charge in [-0.1, -0.05) is 18.6 Å². The number of nitrogens with zero attached hydrogens (tertiary/aromatic N) is 4. The highest BCUT2D eigenvalue weighted by molar-refractivity contribution is 6.22. The molecule has 0 aliphatic carbocycles. The second-order valence-corrected chi connectivity index (χ2v) is 9.00. The van der Waals surface area contributed by atoms with Crippen LogP contribution in [0.15, 0.2) is 72.0 Å². The number of rotatable bonds is 6. The van der Waals surface area contributed by atoms with E-state index in [4.69, 9.17) is 4.99 Å². The summed E-state index contributed by atoms with van der Waals surface area (Å²) in [6.45, 7) is 3.22. The van der Waals surface area contributed by atoms with Crippen molar-refractivity contribution < 1.29 is 15.0 Å². The molecule has 178 valence electrons. The molecule has 0 unspecified atom stereocenters. The number of aryl methyl sites for hydroxylation is 1. The van der Waals surface area contributed by atoms with Gasteiger partial charge in [-0.15, -0.1) is 0 Å². The van der Waals surface area contributed by atoms with E-state index in [2.05, 4.69) is 22.0 Å². The van der Waals surface area contributed by atoms with Gasteiger partial charge in [-0.2, -0.15) is 0 Å². The highest BCUT2D eigenvalue weighted by Gasteiger charge is 2.22. The summed E-state index contributed by atoms with van der Waals surface area (Å²) in [6, 6.07) is 16.7. The molecule has 0 bridgehead atoms. The van der Waals surface area contributed by atoms with Gasteiger partial charge in [-0.3, -0.25) is 9.88 Å². The lowest BCUT2D eigenvalue weighted by Crippen LogP contribution is -2.28. The van der Waals surface area contributed by atoms with Gasteiger partial charge in [0, 0.05) is 36.9 Å². The molecular weight excluding hydrogens is 440 g/mol. The zero-order valence-corrected chi connectivity index (χ0v) is 19.7. The van der Waals surface area contributed by atoms with E-state index in [0.29, 0.717) is 16.7 Å². The Balaban J connectivity index is 1.59. The maximum absolute atomic E-state index is 11.6. The Labute approximate surface area is 204 Å². The monoisotopic (exact) mass is 468 g/mol. The second-order valence-electron chi connectivity index (χ2n) is 9.00. The van der Waals surface area contributed by atoms with Crippen molar-refractivity contribution in [2.24, 2.45) is 12.0 Å². The minimum Gasteiger partial charge on any atom is -0.494 e. The molecule has 7 heteroatoms. The van der Waals surface area contributed by atoms with Crippen LogP contribution < -0.4 is 0 Å². The number of benzene rings is 2. The summed E-state index contributed by atoms with van der Waals surface area (Å²) in [5, 5.41) is 21.2. The van der Waals surface area contributed by atoms with Gasteiger partial charge in [0.05, 0.1) is 28.0 Å². The fourth-order valence-corrected chi connectivity index (χ4v) is 4.75. The molecule has 0 atom stereocenters. The third-order valence-electron chi connectivity index (χ3n) is 6.62. The van der Waals surface area contributed by atoms with Crippen molar-refractivity contribution in [3.63, 3.8) is 0 Å². The van der Waals surface area contributed by atoms with Crippen molar-refractivity contribution in [2.75, 3.05) is 13.1 Å². The number of aromatic hydroxyl groups is 1. The number of aromatic nitrogens is 2. The zero-order chi connectivity index (χ0) is 24.4. The summed E-state index contributed by atoms with van der Waals surface area (Å²) in [5.74, 6) is -1.00. The van der Waals surface area contributed by atoms with Crippen LogP contribution in [0.3, 0.4) is 0 Å². The van der Waals surface area contributed by atoms with Gasteiger partial charge in [0.25, 0.3) is 0 Å². The predicted octanol–water partition coefficient (Wildman–Crippen LogP) is 5.13. The van der Waals surface area contributed by atoms with Crippen molar-refractivity contribution in [3.05, 3.63) is 89.2 Å². The largest absolute Gasteiger partial charge is 0.494 e. The number of likely N-dealkylation sites (tertiary alicyclic amines) is 1. The van der Waals surface area contributed by atoms with E-state index in [0.717, 1.165) is 36.4 Å². The average Bonchev–Trinajstić information content (AvgIpc) is 3.14. The van der Waals surface area contributed by atoms with Crippen LogP contribution >= 0.6 is 0 Å².